The molecule has 2 aliphatic rings. The Morgan fingerprint density at radius 1 is 1.39 bits per heavy atom. The Hall–Kier alpha value is -1.10. The zero-order valence-corrected chi connectivity index (χ0v) is 11.5. The molecule has 2 fully saturated rings. The van der Waals surface area contributed by atoms with E-state index in [9.17, 15) is 9.59 Å². The Kier molecular flexibility index (Phi) is 3.36. The van der Waals surface area contributed by atoms with E-state index in [0.29, 0.717) is 13.1 Å². The van der Waals surface area contributed by atoms with Crippen LogP contribution in [0.2, 0.25) is 0 Å². The summed E-state index contributed by atoms with van der Waals surface area (Å²) in [6.07, 6.45) is 2.68. The van der Waals surface area contributed by atoms with Crippen LogP contribution in [0.4, 0.5) is 0 Å². The van der Waals surface area contributed by atoms with Gasteiger partial charge >= 0.3 is 0 Å². The first-order valence-electron chi connectivity index (χ1n) is 6.79. The Morgan fingerprint density at radius 2 is 2.11 bits per heavy atom. The molecule has 5 heteroatoms. The molecule has 18 heavy (non-hydrogen) atoms. The number of rotatable bonds is 2. The Balaban J connectivity index is 2.24. The van der Waals surface area contributed by atoms with E-state index >= 15 is 0 Å². The van der Waals surface area contributed by atoms with Gasteiger partial charge in [-0.15, -0.1) is 0 Å². The summed E-state index contributed by atoms with van der Waals surface area (Å²) in [6, 6.07) is 0. The number of piperazine rings is 1. The molecule has 5 nitrogen and oxygen atoms in total. The standard InChI is InChI=1S/C13H23N3O2/c1-4-13(6-5-7-15-13)11(18)16-9-8-14-10(17)12(16,2)3/h15H,4-9H2,1-3H3,(H,14,17). The quantitative estimate of drug-likeness (QED) is 0.742. The predicted octanol–water partition coefficient (Wildman–Crippen LogP) is 0.256. The highest BCUT2D eigenvalue weighted by Crippen LogP contribution is 2.29. The maximum Gasteiger partial charge on any atom is 0.245 e. The smallest absolute Gasteiger partial charge is 0.245 e. The van der Waals surface area contributed by atoms with E-state index in [1.54, 1.807) is 4.90 Å². The van der Waals surface area contributed by atoms with E-state index in [1.807, 2.05) is 20.8 Å². The molecule has 2 aliphatic heterocycles. The lowest BCUT2D eigenvalue weighted by Gasteiger charge is -2.45. The summed E-state index contributed by atoms with van der Waals surface area (Å²) in [5.74, 6) is 0.0219. The summed E-state index contributed by atoms with van der Waals surface area (Å²) in [4.78, 5) is 26.5. The fourth-order valence-corrected chi connectivity index (χ4v) is 2.96. The van der Waals surface area contributed by atoms with Gasteiger partial charge in [-0.1, -0.05) is 6.92 Å². The SMILES string of the molecule is CCC1(C(=O)N2CCNC(=O)C2(C)C)CCCN1. The zero-order valence-electron chi connectivity index (χ0n) is 11.5. The van der Waals surface area contributed by atoms with Gasteiger partial charge in [-0.3, -0.25) is 9.59 Å². The highest BCUT2D eigenvalue weighted by Gasteiger charge is 2.48. The van der Waals surface area contributed by atoms with Crippen LogP contribution in [-0.4, -0.2) is 47.4 Å². The second kappa shape index (κ2) is 4.53. The van der Waals surface area contributed by atoms with Crippen molar-refractivity contribution in [3.63, 3.8) is 0 Å². The number of hydrogen-bond donors (Lipinski definition) is 2. The zero-order chi connectivity index (χ0) is 13.4. The van der Waals surface area contributed by atoms with E-state index in [0.717, 1.165) is 25.8 Å². The summed E-state index contributed by atoms with van der Waals surface area (Å²) in [6.45, 7) is 7.71. The largest absolute Gasteiger partial charge is 0.352 e. The first-order chi connectivity index (χ1) is 8.44. The lowest BCUT2D eigenvalue weighted by atomic mass is 9.88. The third-order valence-electron chi connectivity index (χ3n) is 4.35. The van der Waals surface area contributed by atoms with Crippen molar-refractivity contribution in [2.45, 2.75) is 51.1 Å². The predicted molar refractivity (Wildman–Crippen MR) is 69.1 cm³/mol. The van der Waals surface area contributed by atoms with Gasteiger partial charge < -0.3 is 15.5 Å². The maximum absolute atomic E-state index is 12.8. The first kappa shape index (κ1) is 13.3. The van der Waals surface area contributed by atoms with Crippen molar-refractivity contribution in [2.24, 2.45) is 0 Å². The lowest BCUT2D eigenvalue weighted by molar-refractivity contribution is -0.153. The fourth-order valence-electron chi connectivity index (χ4n) is 2.96. The molecule has 0 aliphatic carbocycles. The van der Waals surface area contributed by atoms with Crippen LogP contribution < -0.4 is 10.6 Å². The van der Waals surface area contributed by atoms with Crippen molar-refractivity contribution in [1.29, 1.82) is 0 Å². The number of nitrogens with zero attached hydrogens (tertiary/aromatic N) is 1. The minimum absolute atomic E-state index is 0.0636. The molecule has 2 rings (SSSR count). The first-order valence-corrected chi connectivity index (χ1v) is 6.79. The van der Waals surface area contributed by atoms with E-state index in [4.69, 9.17) is 0 Å². The van der Waals surface area contributed by atoms with Crippen LogP contribution >= 0.6 is 0 Å². The van der Waals surface area contributed by atoms with Crippen molar-refractivity contribution in [2.75, 3.05) is 19.6 Å². The molecule has 2 N–H and O–H groups in total. The lowest BCUT2D eigenvalue weighted by Crippen LogP contribution is -2.68. The van der Waals surface area contributed by atoms with Gasteiger partial charge in [0.15, 0.2) is 0 Å². The normalized spacial score (nSPS) is 31.3. The Labute approximate surface area is 108 Å². The average molecular weight is 253 g/mol. The van der Waals surface area contributed by atoms with Gasteiger partial charge in [0, 0.05) is 13.1 Å². The van der Waals surface area contributed by atoms with Gasteiger partial charge in [0.2, 0.25) is 11.8 Å². The van der Waals surface area contributed by atoms with Crippen LogP contribution in [-0.2, 0) is 9.59 Å². The molecule has 0 aromatic rings. The summed E-state index contributed by atoms with van der Waals surface area (Å²) in [5, 5.41) is 6.17. The molecule has 1 unspecified atom stereocenters. The van der Waals surface area contributed by atoms with Crippen LogP contribution in [0.15, 0.2) is 0 Å². The van der Waals surface area contributed by atoms with Gasteiger partial charge in [0.1, 0.15) is 5.54 Å². The van der Waals surface area contributed by atoms with Crippen LogP contribution in [0.3, 0.4) is 0 Å². The molecular formula is C13H23N3O2. The molecule has 2 saturated heterocycles. The highest BCUT2D eigenvalue weighted by atomic mass is 16.2. The minimum Gasteiger partial charge on any atom is -0.352 e. The maximum atomic E-state index is 12.8. The molecule has 0 saturated carbocycles. The molecule has 0 aromatic carbocycles. The molecular weight excluding hydrogens is 230 g/mol. The Bertz CT molecular complexity index is 359. The fraction of sp³-hybridized carbons (Fsp3) is 0.846. The molecule has 0 radical (unpaired) electrons. The number of carbonyl (C=O) groups is 2. The van der Waals surface area contributed by atoms with E-state index in [2.05, 4.69) is 10.6 Å². The van der Waals surface area contributed by atoms with Gasteiger partial charge in [0.25, 0.3) is 0 Å². The summed E-state index contributed by atoms with van der Waals surface area (Å²) >= 11 is 0. The topological polar surface area (TPSA) is 61.4 Å². The number of amides is 2. The molecule has 0 aromatic heterocycles. The van der Waals surface area contributed by atoms with Crippen molar-refractivity contribution >= 4 is 11.8 Å². The Morgan fingerprint density at radius 3 is 2.67 bits per heavy atom. The average Bonchev–Trinajstić information content (AvgIpc) is 2.82. The van der Waals surface area contributed by atoms with Gasteiger partial charge in [-0.05, 0) is 39.7 Å². The number of carbonyl (C=O) groups excluding carboxylic acids is 2. The molecule has 1 atom stereocenters. The molecule has 2 heterocycles. The van der Waals surface area contributed by atoms with Crippen LogP contribution in [0.5, 0.6) is 0 Å². The van der Waals surface area contributed by atoms with Crippen LogP contribution in [0.1, 0.15) is 40.0 Å². The van der Waals surface area contributed by atoms with Crippen molar-refractivity contribution < 1.29 is 9.59 Å². The number of hydrogen-bond acceptors (Lipinski definition) is 3. The highest BCUT2D eigenvalue weighted by molar-refractivity contribution is 5.95. The van der Waals surface area contributed by atoms with Crippen molar-refractivity contribution in [3.05, 3.63) is 0 Å². The van der Waals surface area contributed by atoms with Gasteiger partial charge in [-0.25, -0.2) is 0 Å². The summed E-state index contributed by atoms with van der Waals surface area (Å²) in [5.41, 5.74) is -1.20. The summed E-state index contributed by atoms with van der Waals surface area (Å²) in [7, 11) is 0. The summed E-state index contributed by atoms with van der Waals surface area (Å²) < 4.78 is 0. The molecule has 2 amide bonds. The van der Waals surface area contributed by atoms with Crippen molar-refractivity contribution in [1.82, 2.24) is 15.5 Å². The molecule has 0 spiro atoms. The monoisotopic (exact) mass is 253 g/mol. The molecule has 0 bridgehead atoms. The van der Waals surface area contributed by atoms with Gasteiger partial charge in [-0.2, -0.15) is 0 Å². The van der Waals surface area contributed by atoms with E-state index in [-0.39, 0.29) is 11.8 Å². The van der Waals surface area contributed by atoms with Crippen LogP contribution in [0, 0.1) is 0 Å². The van der Waals surface area contributed by atoms with E-state index in [1.165, 1.54) is 0 Å². The number of nitrogens with one attached hydrogen (secondary N) is 2. The second-order valence-corrected chi connectivity index (χ2v) is 5.74. The minimum atomic E-state index is -0.748. The third-order valence-corrected chi connectivity index (χ3v) is 4.35. The van der Waals surface area contributed by atoms with E-state index < -0.39 is 11.1 Å². The van der Waals surface area contributed by atoms with Crippen molar-refractivity contribution in [3.8, 4) is 0 Å². The third kappa shape index (κ3) is 1.90. The van der Waals surface area contributed by atoms with Gasteiger partial charge in [0.05, 0.1) is 5.54 Å². The van der Waals surface area contributed by atoms with Crippen LogP contribution in [0.25, 0.3) is 0 Å². The second-order valence-electron chi connectivity index (χ2n) is 5.74. The molecule has 102 valence electrons.